The topological polar surface area (TPSA) is 57.6 Å². The van der Waals surface area contributed by atoms with Crippen LogP contribution in [0.1, 0.15) is 20.2 Å². The van der Waals surface area contributed by atoms with Gasteiger partial charge in [-0.15, -0.1) is 22.7 Å². The normalized spacial score (nSPS) is 13.7. The number of aromatic nitrogens is 1. The summed E-state index contributed by atoms with van der Waals surface area (Å²) in [7, 11) is 2.06. The lowest BCUT2D eigenvalue weighted by Gasteiger charge is -2.13. The number of hydrogen-bond acceptors (Lipinski definition) is 6. The van der Waals surface area contributed by atoms with E-state index in [4.69, 9.17) is 11.6 Å². The van der Waals surface area contributed by atoms with Crippen LogP contribution < -0.4 is 5.32 Å². The number of amides is 1. The summed E-state index contributed by atoms with van der Waals surface area (Å²) in [5.41, 5.74) is 3.09. The van der Waals surface area contributed by atoms with Crippen molar-refractivity contribution in [2.45, 2.75) is 6.54 Å². The number of rotatable bonds is 5. The summed E-state index contributed by atoms with van der Waals surface area (Å²) in [5, 5.41) is 5.76. The number of hydrogen-bond donors (Lipinski definition) is 1. The lowest BCUT2D eigenvalue weighted by atomic mass is 10.1. The van der Waals surface area contributed by atoms with Crippen LogP contribution in [-0.4, -0.2) is 41.8 Å². The van der Waals surface area contributed by atoms with Gasteiger partial charge in [-0.1, -0.05) is 35.9 Å². The van der Waals surface area contributed by atoms with Gasteiger partial charge in [0.2, 0.25) is 0 Å². The minimum atomic E-state index is -0.130. The molecule has 0 saturated heterocycles. The summed E-state index contributed by atoms with van der Waals surface area (Å²) in [6.07, 6.45) is 0. The number of benzene rings is 1. The molecule has 1 N–H and O–H groups in total. The molecule has 0 saturated carbocycles. The molecule has 3 aromatic rings. The van der Waals surface area contributed by atoms with Crippen LogP contribution in [0.25, 0.3) is 11.3 Å². The molecule has 2 aromatic heterocycles. The molecule has 1 aliphatic heterocycles. The highest BCUT2D eigenvalue weighted by Gasteiger charge is 2.15. The Morgan fingerprint density at radius 1 is 1.22 bits per heavy atom. The number of amidine groups is 1. The van der Waals surface area contributed by atoms with E-state index in [1.807, 2.05) is 5.38 Å². The highest BCUT2D eigenvalue weighted by Crippen LogP contribution is 2.24. The molecule has 0 atom stereocenters. The lowest BCUT2D eigenvalue weighted by molar-refractivity contribution is 0.0955. The maximum atomic E-state index is 12.1. The van der Waals surface area contributed by atoms with E-state index in [1.165, 1.54) is 22.7 Å². The number of nitrogens with one attached hydrogen (secondary N) is 1. The Balaban J connectivity index is 1.41. The van der Waals surface area contributed by atoms with E-state index in [2.05, 4.69) is 51.5 Å². The molecule has 4 rings (SSSR count). The van der Waals surface area contributed by atoms with Crippen molar-refractivity contribution in [1.82, 2.24) is 15.2 Å². The summed E-state index contributed by atoms with van der Waals surface area (Å²) in [5.74, 6) is 0.909. The highest BCUT2D eigenvalue weighted by molar-refractivity contribution is 7.18. The van der Waals surface area contributed by atoms with Crippen LogP contribution in [0.4, 0.5) is 0 Å². The van der Waals surface area contributed by atoms with Crippen LogP contribution in [0.2, 0.25) is 4.34 Å². The van der Waals surface area contributed by atoms with Crippen LogP contribution >= 0.6 is 34.3 Å². The SMILES string of the molecule is CN1CCN=C1c1ccc(-c2csc(CNC(=O)c3ccc(Cl)s3)n2)cc1. The van der Waals surface area contributed by atoms with Crippen LogP contribution in [0.5, 0.6) is 0 Å². The van der Waals surface area contributed by atoms with Crippen molar-refractivity contribution in [2.75, 3.05) is 20.1 Å². The minimum Gasteiger partial charge on any atom is -0.358 e. The van der Waals surface area contributed by atoms with E-state index in [0.717, 1.165) is 40.8 Å². The van der Waals surface area contributed by atoms with Gasteiger partial charge < -0.3 is 10.2 Å². The van der Waals surface area contributed by atoms with Gasteiger partial charge >= 0.3 is 0 Å². The zero-order valence-corrected chi connectivity index (χ0v) is 17.0. The largest absolute Gasteiger partial charge is 0.358 e. The molecule has 0 unspecified atom stereocenters. The smallest absolute Gasteiger partial charge is 0.261 e. The molecular weight excluding hydrogens is 400 g/mol. The van der Waals surface area contributed by atoms with Gasteiger partial charge in [0.15, 0.2) is 0 Å². The molecule has 0 radical (unpaired) electrons. The average molecular weight is 417 g/mol. The number of carbonyl (C=O) groups excluding carboxylic acids is 1. The molecule has 8 heteroatoms. The van der Waals surface area contributed by atoms with Gasteiger partial charge in [-0.25, -0.2) is 4.98 Å². The van der Waals surface area contributed by atoms with Gasteiger partial charge in [-0.05, 0) is 12.1 Å². The highest BCUT2D eigenvalue weighted by atomic mass is 35.5. The van der Waals surface area contributed by atoms with E-state index in [9.17, 15) is 4.79 Å². The van der Waals surface area contributed by atoms with E-state index in [0.29, 0.717) is 15.8 Å². The first-order chi connectivity index (χ1) is 13.1. The quantitative estimate of drug-likeness (QED) is 0.679. The second-order valence-corrected chi connectivity index (χ2v) is 8.77. The molecule has 1 aliphatic rings. The summed E-state index contributed by atoms with van der Waals surface area (Å²) in [6.45, 7) is 2.22. The van der Waals surface area contributed by atoms with E-state index < -0.39 is 0 Å². The maximum absolute atomic E-state index is 12.1. The third-order valence-electron chi connectivity index (χ3n) is 4.25. The molecule has 1 aromatic carbocycles. The number of thiazole rings is 1. The third-order valence-corrected chi connectivity index (χ3v) is 6.33. The number of aliphatic imine (C=N–C) groups is 1. The van der Waals surface area contributed by atoms with Crippen molar-refractivity contribution in [3.8, 4) is 11.3 Å². The summed E-state index contributed by atoms with van der Waals surface area (Å²) in [4.78, 5) is 24.0. The Labute approximate surface area is 170 Å². The molecule has 5 nitrogen and oxygen atoms in total. The van der Waals surface area contributed by atoms with Gasteiger partial charge in [0.25, 0.3) is 5.91 Å². The Hall–Kier alpha value is -2.22. The molecule has 0 bridgehead atoms. The fourth-order valence-electron chi connectivity index (χ4n) is 2.84. The van der Waals surface area contributed by atoms with Crippen LogP contribution in [0.3, 0.4) is 0 Å². The number of nitrogens with zero attached hydrogens (tertiary/aromatic N) is 3. The number of carbonyl (C=O) groups is 1. The molecule has 0 aliphatic carbocycles. The first-order valence-electron chi connectivity index (χ1n) is 8.44. The van der Waals surface area contributed by atoms with Crippen LogP contribution in [0.15, 0.2) is 46.8 Å². The van der Waals surface area contributed by atoms with Crippen molar-refractivity contribution in [3.63, 3.8) is 0 Å². The monoisotopic (exact) mass is 416 g/mol. The van der Waals surface area contributed by atoms with Crippen LogP contribution in [0, 0.1) is 0 Å². The minimum absolute atomic E-state index is 0.130. The molecule has 0 fully saturated rings. The van der Waals surface area contributed by atoms with Gasteiger partial charge in [0.1, 0.15) is 10.8 Å². The average Bonchev–Trinajstić information content (AvgIpc) is 3.41. The Morgan fingerprint density at radius 2 is 2.00 bits per heavy atom. The fourth-order valence-corrected chi connectivity index (χ4v) is 4.54. The van der Waals surface area contributed by atoms with Gasteiger partial charge in [-0.3, -0.25) is 9.79 Å². The van der Waals surface area contributed by atoms with Crippen molar-refractivity contribution < 1.29 is 4.79 Å². The maximum Gasteiger partial charge on any atom is 0.261 e. The summed E-state index contributed by atoms with van der Waals surface area (Å²) in [6, 6.07) is 11.7. The van der Waals surface area contributed by atoms with Gasteiger partial charge in [0.05, 0.1) is 28.0 Å². The molecule has 3 heterocycles. The molecule has 138 valence electrons. The second-order valence-electron chi connectivity index (χ2n) is 6.12. The predicted octanol–water partition coefficient (Wildman–Crippen LogP) is 4.15. The van der Waals surface area contributed by atoms with Crippen molar-refractivity contribution in [1.29, 1.82) is 0 Å². The van der Waals surface area contributed by atoms with Crippen LogP contribution in [-0.2, 0) is 6.54 Å². The standard InChI is InChI=1S/C19H17ClN4OS2/c1-24-9-8-21-18(24)13-4-2-12(3-5-13)14-11-26-17(23-14)10-22-19(25)15-6-7-16(20)27-15/h2-7,11H,8-10H2,1H3,(H,22,25). The Kier molecular flexibility index (Phi) is 5.24. The summed E-state index contributed by atoms with van der Waals surface area (Å²) >= 11 is 8.68. The first kappa shape index (κ1) is 18.2. The molecule has 0 spiro atoms. The van der Waals surface area contributed by atoms with E-state index in [-0.39, 0.29) is 5.91 Å². The predicted molar refractivity (Wildman–Crippen MR) is 112 cm³/mol. The number of thiophene rings is 1. The van der Waals surface area contributed by atoms with Crippen molar-refractivity contribution in [3.05, 3.63) is 61.6 Å². The van der Waals surface area contributed by atoms with Crippen molar-refractivity contribution >= 4 is 46.0 Å². The molecule has 1 amide bonds. The summed E-state index contributed by atoms with van der Waals surface area (Å²) < 4.78 is 0.606. The van der Waals surface area contributed by atoms with E-state index in [1.54, 1.807) is 12.1 Å². The van der Waals surface area contributed by atoms with Gasteiger partial charge in [0, 0.05) is 30.1 Å². The Morgan fingerprint density at radius 3 is 2.67 bits per heavy atom. The third kappa shape index (κ3) is 4.05. The number of halogens is 1. The van der Waals surface area contributed by atoms with Crippen molar-refractivity contribution in [2.24, 2.45) is 4.99 Å². The van der Waals surface area contributed by atoms with E-state index >= 15 is 0 Å². The molecular formula is C19H17ClN4OS2. The zero-order chi connectivity index (χ0) is 18.8. The fraction of sp³-hybridized carbons (Fsp3) is 0.211. The number of likely N-dealkylation sites (N-methyl/N-ethyl adjacent to an activating group) is 1. The lowest BCUT2D eigenvalue weighted by Crippen LogP contribution is -2.23. The zero-order valence-electron chi connectivity index (χ0n) is 14.6. The first-order valence-corrected chi connectivity index (χ1v) is 10.5. The molecule has 27 heavy (non-hydrogen) atoms. The van der Waals surface area contributed by atoms with Gasteiger partial charge in [-0.2, -0.15) is 0 Å². The second kappa shape index (κ2) is 7.80. The Bertz CT molecular complexity index is 993.